The molecule has 0 unspecified atom stereocenters. The van der Waals surface area contributed by atoms with Crippen molar-refractivity contribution in [3.63, 3.8) is 0 Å². The molecule has 0 saturated carbocycles. The molecule has 6 rings (SSSR count). The number of allylic oxidation sites excluding steroid dienone is 1. The fraction of sp³-hybridized carbons (Fsp3) is 0.143. The van der Waals surface area contributed by atoms with E-state index in [2.05, 4.69) is 93.7 Å². The zero-order valence-electron chi connectivity index (χ0n) is 18.8. The number of rotatable bonds is 3. The first-order chi connectivity index (χ1) is 17.0. The highest BCUT2D eigenvalue weighted by atomic mass is 127. The van der Waals surface area contributed by atoms with Crippen LogP contribution in [-0.2, 0) is 6.42 Å². The van der Waals surface area contributed by atoms with Gasteiger partial charge in [0.05, 0.1) is 30.5 Å². The summed E-state index contributed by atoms with van der Waals surface area (Å²) >= 11 is 6.02. The third-order valence-corrected chi connectivity index (χ3v) is 9.10. The number of hydrogen-bond donors (Lipinski definition) is 0. The maximum absolute atomic E-state index is 13.8. The molecular weight excluding hydrogens is 682 g/mol. The second-order valence-corrected chi connectivity index (χ2v) is 11.9. The van der Waals surface area contributed by atoms with Gasteiger partial charge in [-0.05, 0) is 98.5 Å². The van der Waals surface area contributed by atoms with Crippen LogP contribution < -0.4 is 19.6 Å². The summed E-state index contributed by atoms with van der Waals surface area (Å²) in [6.07, 6.45) is 3.83. The first-order valence-electron chi connectivity index (χ1n) is 11.3. The molecule has 0 radical (unpaired) electrons. The summed E-state index contributed by atoms with van der Waals surface area (Å²) in [4.78, 5) is 19.7. The first kappa shape index (κ1) is 23.2. The monoisotopic (exact) mass is 702 g/mol. The molecule has 0 spiro atoms. The lowest BCUT2D eigenvalue weighted by atomic mass is 9.83. The minimum absolute atomic E-state index is 0.00819. The number of aryl methyl sites for hydroxylation is 1. The molecule has 1 aliphatic heterocycles. The van der Waals surface area contributed by atoms with Crippen molar-refractivity contribution in [1.29, 1.82) is 0 Å². The molecule has 0 N–H and O–H groups in total. The quantitative estimate of drug-likeness (QED) is 0.264. The largest absolute Gasteiger partial charge is 0.495 e. The van der Waals surface area contributed by atoms with Gasteiger partial charge in [0, 0.05) is 5.56 Å². The van der Waals surface area contributed by atoms with Crippen molar-refractivity contribution in [1.82, 2.24) is 4.57 Å². The second kappa shape index (κ2) is 9.33. The Morgan fingerprint density at radius 3 is 2.49 bits per heavy atom. The summed E-state index contributed by atoms with van der Waals surface area (Å²) < 4.78 is 10.1. The number of aromatic nitrogens is 1. The highest BCUT2D eigenvalue weighted by Gasteiger charge is 2.32. The Morgan fingerprint density at radius 1 is 1.03 bits per heavy atom. The van der Waals surface area contributed by atoms with Gasteiger partial charge in [0.1, 0.15) is 5.75 Å². The molecule has 2 heterocycles. The lowest BCUT2D eigenvalue weighted by molar-refractivity contribution is 0.409. The molecule has 2 aliphatic rings. The van der Waals surface area contributed by atoms with Gasteiger partial charge >= 0.3 is 0 Å². The van der Waals surface area contributed by atoms with Crippen molar-refractivity contribution in [2.24, 2.45) is 4.99 Å². The van der Waals surface area contributed by atoms with Crippen molar-refractivity contribution in [2.75, 3.05) is 7.11 Å². The predicted molar refractivity (Wildman–Crippen MR) is 158 cm³/mol. The van der Waals surface area contributed by atoms with Crippen LogP contribution in [0.5, 0.6) is 5.75 Å². The van der Waals surface area contributed by atoms with Gasteiger partial charge in [0.25, 0.3) is 5.56 Å². The van der Waals surface area contributed by atoms with Crippen molar-refractivity contribution < 1.29 is 4.74 Å². The van der Waals surface area contributed by atoms with E-state index in [9.17, 15) is 4.79 Å². The highest BCUT2D eigenvalue weighted by molar-refractivity contribution is 14.1. The average molecular weight is 702 g/mol. The molecular formula is C28H20I2N2O2S. The van der Waals surface area contributed by atoms with Gasteiger partial charge in [-0.2, -0.15) is 0 Å². The number of halogens is 2. The highest BCUT2D eigenvalue weighted by Crippen LogP contribution is 2.41. The zero-order chi connectivity index (χ0) is 24.1. The predicted octanol–water partition coefficient (Wildman–Crippen LogP) is 5.54. The molecule has 4 nitrogen and oxygen atoms in total. The minimum atomic E-state index is -0.144. The van der Waals surface area contributed by atoms with Gasteiger partial charge in [-0.25, -0.2) is 4.99 Å². The third kappa shape index (κ3) is 4.01. The van der Waals surface area contributed by atoms with E-state index in [1.54, 1.807) is 7.11 Å². The smallest absolute Gasteiger partial charge is 0.271 e. The zero-order valence-corrected chi connectivity index (χ0v) is 23.9. The van der Waals surface area contributed by atoms with E-state index >= 15 is 0 Å². The summed E-state index contributed by atoms with van der Waals surface area (Å²) in [6.45, 7) is 0. The Morgan fingerprint density at radius 2 is 1.74 bits per heavy atom. The molecule has 0 amide bonds. The lowest BCUT2D eigenvalue weighted by Crippen LogP contribution is -2.38. The maximum atomic E-state index is 13.8. The summed E-state index contributed by atoms with van der Waals surface area (Å²) in [5.74, 6) is 0.861. The summed E-state index contributed by atoms with van der Waals surface area (Å²) in [5, 5.41) is 0. The standard InChI is InChI=1S/C28H20I2N2O2S/c1-34-26-21(29)13-16(14-22(26)30)15-23-27(33)32-25(18-8-3-2-4-9-18)20-12-11-17-7-5-6-10-19(17)24(20)31-28(32)35-23/h2-10,13-15,25H,11-12H2,1H3/b23-15+/t25-/m1/s1. The normalized spacial score (nSPS) is 16.9. The molecule has 1 atom stereocenters. The third-order valence-electron chi connectivity index (χ3n) is 6.51. The molecule has 7 heteroatoms. The van der Waals surface area contributed by atoms with Crippen LogP contribution in [0, 0.1) is 7.14 Å². The van der Waals surface area contributed by atoms with Crippen LogP contribution in [0.1, 0.15) is 34.7 Å². The van der Waals surface area contributed by atoms with E-state index in [1.165, 1.54) is 28.0 Å². The van der Waals surface area contributed by atoms with Crippen molar-refractivity contribution >= 4 is 68.3 Å². The van der Waals surface area contributed by atoms with Gasteiger partial charge in [-0.1, -0.05) is 65.9 Å². The van der Waals surface area contributed by atoms with E-state index in [0.29, 0.717) is 4.53 Å². The Balaban J connectivity index is 1.60. The molecule has 3 aromatic carbocycles. The van der Waals surface area contributed by atoms with Crippen LogP contribution in [0.15, 0.2) is 82.1 Å². The van der Waals surface area contributed by atoms with E-state index in [-0.39, 0.29) is 11.6 Å². The molecule has 0 saturated heterocycles. The molecule has 0 fully saturated rings. The number of methoxy groups -OCH3 is 1. The average Bonchev–Trinajstić information content (AvgIpc) is 3.17. The Labute approximate surface area is 234 Å². The molecule has 4 aromatic rings. The molecule has 174 valence electrons. The lowest BCUT2D eigenvalue weighted by Gasteiger charge is -2.30. The van der Waals surface area contributed by atoms with Gasteiger partial charge in [-0.3, -0.25) is 9.36 Å². The Hall–Kier alpha value is -2.24. The number of thiazole rings is 1. The van der Waals surface area contributed by atoms with E-state index in [4.69, 9.17) is 9.73 Å². The van der Waals surface area contributed by atoms with Crippen LogP contribution in [0.3, 0.4) is 0 Å². The van der Waals surface area contributed by atoms with Gasteiger partial charge < -0.3 is 4.74 Å². The summed E-state index contributed by atoms with van der Waals surface area (Å²) in [7, 11) is 1.68. The fourth-order valence-electron chi connectivity index (χ4n) is 4.97. The fourth-order valence-corrected chi connectivity index (χ4v) is 8.22. The van der Waals surface area contributed by atoms with Crippen LogP contribution >= 0.6 is 56.5 Å². The Bertz CT molecular complexity index is 1660. The maximum Gasteiger partial charge on any atom is 0.271 e. The second-order valence-electron chi connectivity index (χ2n) is 8.54. The molecule has 1 aliphatic carbocycles. The van der Waals surface area contributed by atoms with Gasteiger partial charge in [0.2, 0.25) is 0 Å². The van der Waals surface area contributed by atoms with E-state index < -0.39 is 0 Å². The molecule has 1 aromatic heterocycles. The molecule has 35 heavy (non-hydrogen) atoms. The van der Waals surface area contributed by atoms with Gasteiger partial charge in [-0.15, -0.1) is 0 Å². The topological polar surface area (TPSA) is 43.6 Å². The first-order valence-corrected chi connectivity index (χ1v) is 14.2. The SMILES string of the molecule is COc1c(I)cc(/C=c2/sc3n(c2=O)[C@H](c2ccccc2)C2=C(N=3)c3ccccc3CC2)cc1I. The number of hydrogen-bond acceptors (Lipinski definition) is 4. The van der Waals surface area contributed by atoms with Crippen LogP contribution in [0.2, 0.25) is 0 Å². The van der Waals surface area contributed by atoms with Crippen LogP contribution in [0.25, 0.3) is 11.8 Å². The summed E-state index contributed by atoms with van der Waals surface area (Å²) in [6, 6.07) is 22.8. The van der Waals surface area contributed by atoms with Crippen molar-refractivity contribution in [2.45, 2.75) is 18.9 Å². The number of ether oxygens (including phenoxy) is 1. The summed E-state index contributed by atoms with van der Waals surface area (Å²) in [5.41, 5.74) is 6.87. The minimum Gasteiger partial charge on any atom is -0.495 e. The van der Waals surface area contributed by atoms with Crippen molar-refractivity contribution in [3.8, 4) is 5.75 Å². The number of fused-ring (bicyclic) bond motifs is 3. The number of nitrogens with zero attached hydrogens (tertiary/aromatic N) is 2. The Kier molecular flexibility index (Phi) is 6.18. The van der Waals surface area contributed by atoms with Crippen molar-refractivity contribution in [3.05, 3.63) is 121 Å². The molecule has 0 bridgehead atoms. The van der Waals surface area contributed by atoms with Crippen LogP contribution in [-0.4, -0.2) is 11.7 Å². The number of benzene rings is 3. The van der Waals surface area contributed by atoms with Gasteiger partial charge in [0.15, 0.2) is 4.80 Å². The van der Waals surface area contributed by atoms with E-state index in [0.717, 1.165) is 47.4 Å². The van der Waals surface area contributed by atoms with E-state index in [1.807, 2.05) is 28.8 Å². The van der Waals surface area contributed by atoms with Crippen LogP contribution in [0.4, 0.5) is 0 Å².